The Bertz CT molecular complexity index is 582. The van der Waals surface area contributed by atoms with Gasteiger partial charge in [0.15, 0.2) is 0 Å². The number of rotatable bonds is 7. The first-order valence-electron chi connectivity index (χ1n) is 7.77. The molecule has 0 radical (unpaired) electrons. The number of hydrogen-bond donors (Lipinski definition) is 2. The van der Waals surface area contributed by atoms with E-state index in [-0.39, 0.29) is 6.04 Å². The first-order chi connectivity index (χ1) is 9.88. The molecule has 118 valence electrons. The molecule has 0 saturated carbocycles. The fraction of sp³-hybridized carbons (Fsp3) is 0.625. The van der Waals surface area contributed by atoms with Crippen LogP contribution < -0.4 is 10.0 Å². The minimum absolute atomic E-state index is 0.0324. The van der Waals surface area contributed by atoms with E-state index < -0.39 is 10.0 Å². The van der Waals surface area contributed by atoms with Gasteiger partial charge in [0.1, 0.15) is 0 Å². The van der Waals surface area contributed by atoms with Crippen molar-refractivity contribution in [1.29, 1.82) is 0 Å². The van der Waals surface area contributed by atoms with E-state index >= 15 is 0 Å². The second-order valence-electron chi connectivity index (χ2n) is 6.34. The van der Waals surface area contributed by atoms with E-state index in [4.69, 9.17) is 0 Å². The monoisotopic (exact) mass is 310 g/mol. The van der Waals surface area contributed by atoms with Crippen molar-refractivity contribution < 1.29 is 8.42 Å². The van der Waals surface area contributed by atoms with Gasteiger partial charge >= 0.3 is 0 Å². The molecule has 1 unspecified atom stereocenters. The Morgan fingerprint density at radius 2 is 2.00 bits per heavy atom. The second-order valence-corrected chi connectivity index (χ2v) is 8.06. The molecule has 1 atom stereocenters. The Kier molecular flexibility index (Phi) is 5.27. The van der Waals surface area contributed by atoms with Crippen LogP contribution in [0.5, 0.6) is 0 Å². The van der Waals surface area contributed by atoms with Gasteiger partial charge in [-0.25, -0.2) is 13.1 Å². The Balaban J connectivity index is 1.98. The van der Waals surface area contributed by atoms with Gasteiger partial charge in [0.2, 0.25) is 10.0 Å². The van der Waals surface area contributed by atoms with Crippen molar-refractivity contribution in [2.45, 2.75) is 57.4 Å². The third-order valence-electron chi connectivity index (χ3n) is 3.88. The van der Waals surface area contributed by atoms with Gasteiger partial charge in [-0.05, 0) is 43.4 Å². The number of hydrogen-bond acceptors (Lipinski definition) is 3. The summed E-state index contributed by atoms with van der Waals surface area (Å²) in [6.07, 6.45) is 4.03. The fourth-order valence-electron chi connectivity index (χ4n) is 2.66. The summed E-state index contributed by atoms with van der Waals surface area (Å²) in [5.41, 5.74) is 2.14. The summed E-state index contributed by atoms with van der Waals surface area (Å²) in [5, 5.41) is 3.22. The van der Waals surface area contributed by atoms with Crippen molar-refractivity contribution in [3.8, 4) is 0 Å². The van der Waals surface area contributed by atoms with Crippen LogP contribution in [0.3, 0.4) is 0 Å². The lowest BCUT2D eigenvalue weighted by atomic mass is 10.0. The number of benzene rings is 1. The van der Waals surface area contributed by atoms with E-state index in [9.17, 15) is 8.42 Å². The molecule has 2 rings (SSSR count). The predicted molar refractivity (Wildman–Crippen MR) is 87.1 cm³/mol. The Hall–Kier alpha value is -1.07. The fourth-order valence-corrected chi connectivity index (χ4v) is 3.97. The number of nitrogens with one attached hydrogen (secondary N) is 2. The molecule has 0 aromatic heterocycles. The third-order valence-corrected chi connectivity index (χ3v) is 5.46. The van der Waals surface area contributed by atoms with Gasteiger partial charge in [0, 0.05) is 18.3 Å². The maximum absolute atomic E-state index is 12.4. The van der Waals surface area contributed by atoms with Gasteiger partial charge in [-0.2, -0.15) is 0 Å². The standard InChI is InChI=1S/C16H26N2O2S/c1-12(2)5-4-6-13(3)18-21(19,20)15-8-7-14-9-10-17-16(14)11-15/h7-8,11-13,17-18H,4-6,9-10H2,1-3H3. The SMILES string of the molecule is CC(C)CCCC(C)NS(=O)(=O)c1ccc2c(c1)NCC2. The number of fused-ring (bicyclic) bond motifs is 1. The molecular weight excluding hydrogens is 284 g/mol. The van der Waals surface area contributed by atoms with Gasteiger partial charge < -0.3 is 5.32 Å². The molecule has 0 aliphatic carbocycles. The van der Waals surface area contributed by atoms with E-state index in [1.165, 1.54) is 5.56 Å². The predicted octanol–water partition coefficient (Wildman–Crippen LogP) is 3.15. The van der Waals surface area contributed by atoms with Crippen LogP contribution in [-0.2, 0) is 16.4 Å². The van der Waals surface area contributed by atoms with Gasteiger partial charge in [-0.15, -0.1) is 0 Å². The third kappa shape index (κ3) is 4.45. The molecule has 1 aromatic carbocycles. The zero-order valence-corrected chi connectivity index (χ0v) is 14.0. The smallest absolute Gasteiger partial charge is 0.240 e. The molecule has 1 aromatic rings. The Morgan fingerprint density at radius 1 is 1.24 bits per heavy atom. The molecule has 1 heterocycles. The lowest BCUT2D eigenvalue weighted by Gasteiger charge is -2.15. The van der Waals surface area contributed by atoms with Crippen LogP contribution >= 0.6 is 0 Å². The van der Waals surface area contributed by atoms with Crippen LogP contribution in [0.2, 0.25) is 0 Å². The highest BCUT2D eigenvalue weighted by Crippen LogP contribution is 2.25. The molecular formula is C16H26N2O2S. The van der Waals surface area contributed by atoms with E-state index in [2.05, 4.69) is 23.9 Å². The van der Waals surface area contributed by atoms with E-state index in [1.54, 1.807) is 12.1 Å². The van der Waals surface area contributed by atoms with E-state index in [1.807, 2.05) is 13.0 Å². The largest absolute Gasteiger partial charge is 0.384 e. The highest BCUT2D eigenvalue weighted by Gasteiger charge is 2.20. The summed E-state index contributed by atoms with van der Waals surface area (Å²) < 4.78 is 27.6. The van der Waals surface area contributed by atoms with Crippen LogP contribution in [0.25, 0.3) is 0 Å². The van der Waals surface area contributed by atoms with Crippen LogP contribution in [0.1, 0.15) is 45.6 Å². The molecule has 1 aliphatic rings. The van der Waals surface area contributed by atoms with E-state index in [0.717, 1.165) is 37.9 Å². The number of sulfonamides is 1. The van der Waals surface area contributed by atoms with E-state index in [0.29, 0.717) is 10.8 Å². The second kappa shape index (κ2) is 6.79. The highest BCUT2D eigenvalue weighted by molar-refractivity contribution is 7.89. The summed E-state index contributed by atoms with van der Waals surface area (Å²) in [4.78, 5) is 0.353. The van der Waals surface area contributed by atoms with Gasteiger partial charge in [-0.3, -0.25) is 0 Å². The van der Waals surface area contributed by atoms with Crippen LogP contribution in [-0.4, -0.2) is 21.0 Å². The average Bonchev–Trinajstić information content (AvgIpc) is 2.84. The molecule has 1 aliphatic heterocycles. The summed E-state index contributed by atoms with van der Waals surface area (Å²) in [6.45, 7) is 7.19. The summed E-state index contributed by atoms with van der Waals surface area (Å²) in [7, 11) is -3.42. The van der Waals surface area contributed by atoms with Crippen molar-refractivity contribution in [3.63, 3.8) is 0 Å². The zero-order valence-electron chi connectivity index (χ0n) is 13.1. The van der Waals surface area contributed by atoms with Crippen molar-refractivity contribution >= 4 is 15.7 Å². The van der Waals surface area contributed by atoms with Crippen molar-refractivity contribution in [1.82, 2.24) is 4.72 Å². The molecule has 4 nitrogen and oxygen atoms in total. The van der Waals surface area contributed by atoms with Gasteiger partial charge in [0.25, 0.3) is 0 Å². The topological polar surface area (TPSA) is 58.2 Å². The molecule has 5 heteroatoms. The lowest BCUT2D eigenvalue weighted by molar-refractivity contribution is 0.488. The highest BCUT2D eigenvalue weighted by atomic mass is 32.2. The first-order valence-corrected chi connectivity index (χ1v) is 9.26. The lowest BCUT2D eigenvalue weighted by Crippen LogP contribution is -2.32. The molecule has 0 amide bonds. The normalized spacial score (nSPS) is 15.8. The van der Waals surface area contributed by atoms with Crippen molar-refractivity contribution in [2.24, 2.45) is 5.92 Å². The molecule has 0 bridgehead atoms. The molecule has 0 spiro atoms. The molecule has 0 saturated heterocycles. The van der Waals surface area contributed by atoms with Crippen molar-refractivity contribution in [3.05, 3.63) is 23.8 Å². The first kappa shape index (κ1) is 16.3. The minimum Gasteiger partial charge on any atom is -0.384 e. The quantitative estimate of drug-likeness (QED) is 0.813. The summed E-state index contributed by atoms with van der Waals surface area (Å²) >= 11 is 0. The van der Waals surface area contributed by atoms with Crippen LogP contribution in [0.15, 0.2) is 23.1 Å². The minimum atomic E-state index is -3.42. The number of anilines is 1. The zero-order chi connectivity index (χ0) is 15.5. The van der Waals surface area contributed by atoms with Crippen molar-refractivity contribution in [2.75, 3.05) is 11.9 Å². The van der Waals surface area contributed by atoms with Crippen LogP contribution in [0.4, 0.5) is 5.69 Å². The Morgan fingerprint density at radius 3 is 2.71 bits per heavy atom. The van der Waals surface area contributed by atoms with Gasteiger partial charge in [0.05, 0.1) is 4.90 Å². The summed E-state index contributed by atoms with van der Waals surface area (Å²) in [5.74, 6) is 0.664. The maximum Gasteiger partial charge on any atom is 0.240 e. The van der Waals surface area contributed by atoms with Gasteiger partial charge in [-0.1, -0.05) is 32.8 Å². The summed E-state index contributed by atoms with van der Waals surface area (Å²) in [6, 6.07) is 5.32. The molecule has 21 heavy (non-hydrogen) atoms. The Labute approximate surface area is 128 Å². The molecule has 2 N–H and O–H groups in total. The maximum atomic E-state index is 12.4. The van der Waals surface area contributed by atoms with Crippen LogP contribution in [0, 0.1) is 5.92 Å². The molecule has 0 fully saturated rings. The average molecular weight is 310 g/mol.